The summed E-state index contributed by atoms with van der Waals surface area (Å²) < 4.78 is 5.90. The summed E-state index contributed by atoms with van der Waals surface area (Å²) in [6.45, 7) is 12.4. The van der Waals surface area contributed by atoms with Crippen LogP contribution in [-0.2, 0) is 4.74 Å². The molecule has 0 amide bonds. The van der Waals surface area contributed by atoms with Gasteiger partial charge in [-0.1, -0.05) is 59.5 Å². The number of rotatable bonds is 8. The summed E-state index contributed by atoms with van der Waals surface area (Å²) in [6, 6.07) is 5.71. The van der Waals surface area contributed by atoms with Crippen LogP contribution in [0, 0.1) is 56.5 Å². The molecule has 5 rings (SSSR count). The maximum absolute atomic E-state index is 12.8. The van der Waals surface area contributed by atoms with E-state index in [0.717, 1.165) is 54.8 Å². The van der Waals surface area contributed by atoms with E-state index in [1.165, 1.54) is 81.2 Å². The minimum Gasteiger partial charge on any atom is -0.455 e. The maximum Gasteiger partial charge on any atom is 0.338 e. The van der Waals surface area contributed by atoms with Gasteiger partial charge in [-0.05, 0) is 116 Å². The number of benzene rings is 1. The normalized spacial score (nSPS) is 36.4. The smallest absolute Gasteiger partial charge is 0.338 e. The van der Waals surface area contributed by atoms with Crippen molar-refractivity contribution < 1.29 is 14.5 Å². The number of esters is 1. The minimum absolute atomic E-state index is 0.0170. The molecule has 0 spiro atoms. The highest BCUT2D eigenvalue weighted by Crippen LogP contribution is 2.67. The number of non-ortho nitro benzene ring substituents is 1. The van der Waals surface area contributed by atoms with Gasteiger partial charge in [0.15, 0.2) is 0 Å². The summed E-state index contributed by atoms with van der Waals surface area (Å²) in [5.74, 6) is 4.59. The summed E-state index contributed by atoms with van der Waals surface area (Å²) in [5, 5.41) is 10.9. The molecule has 1 aromatic rings. The second-order valence-electron chi connectivity index (χ2n) is 14.3. The van der Waals surface area contributed by atoms with Crippen molar-refractivity contribution in [1.82, 2.24) is 0 Å². The summed E-state index contributed by atoms with van der Waals surface area (Å²) >= 11 is 0. The molecule has 5 nitrogen and oxygen atoms in total. The standard InChI is InChI=1S/C34H49NO4/c1-22(2)7-6-8-23(3)29-15-16-30-28-14-11-25-21-27(17-19-33(25,4)31(28)18-20-34(29,30)5)39-32(36)24-9-12-26(13-10-24)35(37)38/h9-10,12-13,21-23,27-31H,6-8,11,14-20H2,1-5H3/t23-,27+,28+,29-,30+,31+,33+,34-/m1/s1. The number of carbonyl (C=O) groups is 1. The van der Waals surface area contributed by atoms with Crippen molar-refractivity contribution >= 4 is 11.7 Å². The molecule has 0 radical (unpaired) electrons. The molecule has 3 saturated carbocycles. The van der Waals surface area contributed by atoms with Gasteiger partial charge in [0.2, 0.25) is 0 Å². The Balaban J connectivity index is 1.24. The lowest BCUT2D eigenvalue weighted by Gasteiger charge is -2.59. The van der Waals surface area contributed by atoms with Crippen molar-refractivity contribution in [3.8, 4) is 0 Å². The van der Waals surface area contributed by atoms with Crippen molar-refractivity contribution in [2.24, 2.45) is 46.3 Å². The molecule has 214 valence electrons. The fourth-order valence-corrected chi connectivity index (χ4v) is 9.74. The molecule has 1 aromatic carbocycles. The van der Waals surface area contributed by atoms with Gasteiger partial charge < -0.3 is 4.74 Å². The molecular weight excluding hydrogens is 486 g/mol. The van der Waals surface area contributed by atoms with Crippen molar-refractivity contribution in [1.29, 1.82) is 0 Å². The molecule has 0 aliphatic heterocycles. The zero-order chi connectivity index (χ0) is 27.9. The van der Waals surface area contributed by atoms with Gasteiger partial charge in [0.05, 0.1) is 10.5 Å². The summed E-state index contributed by atoms with van der Waals surface area (Å²) in [6.07, 6.45) is 16.1. The largest absolute Gasteiger partial charge is 0.455 e. The Hall–Kier alpha value is -2.17. The highest BCUT2D eigenvalue weighted by Gasteiger charge is 2.59. The van der Waals surface area contributed by atoms with Gasteiger partial charge in [-0.3, -0.25) is 10.1 Å². The first-order chi connectivity index (χ1) is 18.5. The zero-order valence-electron chi connectivity index (χ0n) is 24.8. The van der Waals surface area contributed by atoms with E-state index in [2.05, 4.69) is 40.7 Å². The SMILES string of the molecule is CC(C)CCC[C@@H](C)[C@H]1CC[C@H]2[C@@H]3CCC4=C[C@@H](OC(=O)c5ccc([N+](=O)[O-])cc5)CC[C@]4(C)[C@H]3CC[C@]12C. The topological polar surface area (TPSA) is 69.4 Å². The number of carbonyl (C=O) groups excluding carboxylic acids is 1. The minimum atomic E-state index is -0.452. The van der Waals surface area contributed by atoms with Crippen LogP contribution in [0.4, 0.5) is 5.69 Å². The molecule has 4 aliphatic carbocycles. The van der Waals surface area contributed by atoms with Crippen LogP contribution in [0.3, 0.4) is 0 Å². The van der Waals surface area contributed by atoms with Crippen LogP contribution < -0.4 is 0 Å². The Morgan fingerprint density at radius 3 is 2.44 bits per heavy atom. The number of nitrogens with zero attached hydrogens (tertiary/aromatic N) is 1. The van der Waals surface area contributed by atoms with Crippen LogP contribution >= 0.6 is 0 Å². The Kier molecular flexibility index (Phi) is 8.01. The summed E-state index contributed by atoms with van der Waals surface area (Å²) in [7, 11) is 0. The molecule has 0 unspecified atom stereocenters. The average molecular weight is 536 g/mol. The monoisotopic (exact) mass is 535 g/mol. The molecule has 0 N–H and O–H groups in total. The van der Waals surface area contributed by atoms with Crippen molar-refractivity contribution in [2.45, 2.75) is 111 Å². The van der Waals surface area contributed by atoms with Crippen molar-refractivity contribution in [2.75, 3.05) is 0 Å². The first-order valence-corrected chi connectivity index (χ1v) is 15.7. The second kappa shape index (κ2) is 11.0. The number of nitro benzene ring substituents is 1. The predicted molar refractivity (Wildman–Crippen MR) is 155 cm³/mol. The van der Waals surface area contributed by atoms with Crippen LogP contribution in [0.15, 0.2) is 35.9 Å². The fraction of sp³-hybridized carbons (Fsp3) is 0.735. The molecule has 39 heavy (non-hydrogen) atoms. The lowest BCUT2D eigenvalue weighted by Crippen LogP contribution is -2.51. The molecule has 0 heterocycles. The number of allylic oxidation sites excluding steroid dienone is 1. The quantitative estimate of drug-likeness (QED) is 0.144. The van der Waals surface area contributed by atoms with Gasteiger partial charge in [0, 0.05) is 12.1 Å². The van der Waals surface area contributed by atoms with Crippen molar-refractivity contribution in [3.63, 3.8) is 0 Å². The lowest BCUT2D eigenvalue weighted by molar-refractivity contribution is -0.384. The van der Waals surface area contributed by atoms with E-state index < -0.39 is 10.9 Å². The van der Waals surface area contributed by atoms with E-state index in [1.807, 2.05) is 0 Å². The van der Waals surface area contributed by atoms with E-state index in [4.69, 9.17) is 4.74 Å². The number of hydrogen-bond donors (Lipinski definition) is 0. The van der Waals surface area contributed by atoms with Crippen LogP contribution in [0.25, 0.3) is 0 Å². The maximum atomic E-state index is 12.8. The lowest BCUT2D eigenvalue weighted by atomic mass is 9.46. The van der Waals surface area contributed by atoms with E-state index in [1.54, 1.807) is 0 Å². The third-order valence-corrected chi connectivity index (χ3v) is 11.8. The van der Waals surface area contributed by atoms with Gasteiger partial charge >= 0.3 is 5.97 Å². The molecule has 4 aliphatic rings. The van der Waals surface area contributed by atoms with Crippen molar-refractivity contribution in [3.05, 3.63) is 51.6 Å². The second-order valence-corrected chi connectivity index (χ2v) is 14.3. The predicted octanol–water partition coefficient (Wildman–Crippen LogP) is 9.16. The molecular formula is C34H49NO4. The zero-order valence-corrected chi connectivity index (χ0v) is 24.8. The van der Waals surface area contributed by atoms with Crippen LogP contribution in [0.5, 0.6) is 0 Å². The Bertz CT molecular complexity index is 1090. The van der Waals surface area contributed by atoms with Crippen LogP contribution in [0.1, 0.15) is 116 Å². The molecule has 0 bridgehead atoms. The average Bonchev–Trinajstić information content (AvgIpc) is 3.26. The Morgan fingerprint density at radius 1 is 1.00 bits per heavy atom. The van der Waals surface area contributed by atoms with Crippen LogP contribution in [0.2, 0.25) is 0 Å². The third kappa shape index (κ3) is 5.32. The van der Waals surface area contributed by atoms with E-state index in [-0.39, 0.29) is 17.2 Å². The molecule has 8 atom stereocenters. The Morgan fingerprint density at radius 2 is 1.74 bits per heavy atom. The number of ether oxygens (including phenoxy) is 1. The number of fused-ring (bicyclic) bond motifs is 5. The highest BCUT2D eigenvalue weighted by molar-refractivity contribution is 5.89. The number of hydrogen-bond acceptors (Lipinski definition) is 4. The summed E-state index contributed by atoms with van der Waals surface area (Å²) in [5.41, 5.74) is 2.60. The van der Waals surface area contributed by atoms with Gasteiger partial charge in [0.25, 0.3) is 5.69 Å². The first-order valence-electron chi connectivity index (χ1n) is 15.7. The van der Waals surface area contributed by atoms with Gasteiger partial charge in [0.1, 0.15) is 6.10 Å². The van der Waals surface area contributed by atoms with Gasteiger partial charge in [-0.15, -0.1) is 0 Å². The molecule has 3 fully saturated rings. The molecule has 5 heteroatoms. The third-order valence-electron chi connectivity index (χ3n) is 11.8. The molecule has 0 aromatic heterocycles. The Labute approximate surface area is 235 Å². The van der Waals surface area contributed by atoms with Gasteiger partial charge in [-0.25, -0.2) is 4.79 Å². The van der Waals surface area contributed by atoms with Crippen LogP contribution in [-0.4, -0.2) is 17.0 Å². The number of nitro groups is 1. The fourth-order valence-electron chi connectivity index (χ4n) is 9.74. The summed E-state index contributed by atoms with van der Waals surface area (Å²) in [4.78, 5) is 23.3. The highest BCUT2D eigenvalue weighted by atomic mass is 16.6. The van der Waals surface area contributed by atoms with Gasteiger partial charge in [-0.2, -0.15) is 0 Å². The van der Waals surface area contributed by atoms with E-state index in [0.29, 0.717) is 11.0 Å². The van der Waals surface area contributed by atoms with E-state index in [9.17, 15) is 14.9 Å². The molecule has 0 saturated heterocycles. The van der Waals surface area contributed by atoms with E-state index >= 15 is 0 Å². The first kappa shape index (κ1) is 28.4.